The number of nitrogens with zero attached hydrogens (tertiary/aromatic N) is 3. The van der Waals surface area contributed by atoms with E-state index >= 15 is 0 Å². The Morgan fingerprint density at radius 2 is 2.04 bits per heavy atom. The average Bonchev–Trinajstić information content (AvgIpc) is 2.74. The third kappa shape index (κ3) is 3.63. The molecule has 0 aliphatic carbocycles. The van der Waals surface area contributed by atoms with E-state index in [4.69, 9.17) is 0 Å². The van der Waals surface area contributed by atoms with Gasteiger partial charge < -0.3 is 10.2 Å². The third-order valence-corrected chi connectivity index (χ3v) is 5.28. The lowest BCUT2D eigenvalue weighted by atomic mass is 10.00. The van der Waals surface area contributed by atoms with Crippen molar-refractivity contribution in [3.05, 3.63) is 60.4 Å². The van der Waals surface area contributed by atoms with Crippen LogP contribution in [0.2, 0.25) is 0 Å². The molecule has 4 rings (SSSR count). The minimum Gasteiger partial charge on any atom is -0.354 e. The number of pyridine rings is 2. The quantitative estimate of drug-likeness (QED) is 0.736. The fourth-order valence-electron chi connectivity index (χ4n) is 3.84. The van der Waals surface area contributed by atoms with Gasteiger partial charge in [0.1, 0.15) is 5.82 Å². The molecule has 138 valence electrons. The van der Waals surface area contributed by atoms with E-state index < -0.39 is 0 Å². The summed E-state index contributed by atoms with van der Waals surface area (Å²) >= 11 is 0. The first-order chi connectivity index (χ1) is 13.3. The van der Waals surface area contributed by atoms with Crippen LogP contribution in [-0.4, -0.2) is 28.5 Å². The Kier molecular flexibility index (Phi) is 5.01. The normalized spacial score (nSPS) is 17.1. The summed E-state index contributed by atoms with van der Waals surface area (Å²) in [5.41, 5.74) is 2.14. The number of benzene rings is 1. The van der Waals surface area contributed by atoms with Crippen LogP contribution >= 0.6 is 0 Å². The Morgan fingerprint density at radius 1 is 1.15 bits per heavy atom. The molecular weight excluding hydrogens is 336 g/mol. The van der Waals surface area contributed by atoms with Crippen molar-refractivity contribution in [1.82, 2.24) is 9.97 Å². The fourth-order valence-corrected chi connectivity index (χ4v) is 3.84. The number of hydrogen-bond donors (Lipinski definition) is 1. The molecule has 1 unspecified atom stereocenters. The summed E-state index contributed by atoms with van der Waals surface area (Å²) in [6.45, 7) is 3.22. The van der Waals surface area contributed by atoms with Crippen molar-refractivity contribution in [3.63, 3.8) is 0 Å². The lowest BCUT2D eigenvalue weighted by Crippen LogP contribution is -2.39. The fraction of sp³-hybridized carbons (Fsp3) is 0.318. The summed E-state index contributed by atoms with van der Waals surface area (Å²) in [5.74, 6) is 0.757. The second kappa shape index (κ2) is 7.74. The summed E-state index contributed by atoms with van der Waals surface area (Å²) in [4.78, 5) is 24.1. The maximum absolute atomic E-state index is 12.9. The van der Waals surface area contributed by atoms with E-state index in [1.54, 1.807) is 18.5 Å². The van der Waals surface area contributed by atoms with Crippen molar-refractivity contribution in [3.8, 4) is 0 Å². The van der Waals surface area contributed by atoms with Gasteiger partial charge in [0.25, 0.3) is 5.91 Å². The molecule has 1 aliphatic rings. The first kappa shape index (κ1) is 17.5. The van der Waals surface area contributed by atoms with Crippen LogP contribution < -0.4 is 10.2 Å². The molecule has 1 aliphatic heterocycles. The topological polar surface area (TPSA) is 58.1 Å². The van der Waals surface area contributed by atoms with Gasteiger partial charge in [-0.1, -0.05) is 25.1 Å². The summed E-state index contributed by atoms with van der Waals surface area (Å²) < 4.78 is 0. The van der Waals surface area contributed by atoms with Crippen molar-refractivity contribution in [2.75, 3.05) is 16.8 Å². The molecule has 1 aromatic carbocycles. The van der Waals surface area contributed by atoms with Crippen LogP contribution in [0.25, 0.3) is 10.9 Å². The molecule has 0 spiro atoms. The van der Waals surface area contributed by atoms with Crippen molar-refractivity contribution >= 4 is 28.3 Å². The standard InChI is InChI=1S/C22H24N4O/c1-2-18-9-3-4-14-26(18)20-15-17(11-13-23-20)22(27)25-19-10-5-7-16-8-6-12-24-21(16)19/h5-8,10-13,15,18H,2-4,9,14H2,1H3,(H,25,27). The van der Waals surface area contributed by atoms with Gasteiger partial charge in [-0.05, 0) is 49.9 Å². The van der Waals surface area contributed by atoms with E-state index in [1.807, 2.05) is 36.4 Å². The number of hydrogen-bond acceptors (Lipinski definition) is 4. The van der Waals surface area contributed by atoms with Crippen LogP contribution in [0.1, 0.15) is 43.0 Å². The molecule has 5 nitrogen and oxygen atoms in total. The summed E-state index contributed by atoms with van der Waals surface area (Å²) in [5, 5.41) is 4.01. The van der Waals surface area contributed by atoms with Crippen LogP contribution in [0, 0.1) is 0 Å². The van der Waals surface area contributed by atoms with Gasteiger partial charge in [0, 0.05) is 35.9 Å². The average molecular weight is 360 g/mol. The highest BCUT2D eigenvalue weighted by molar-refractivity contribution is 6.08. The number of anilines is 2. The predicted octanol–water partition coefficient (Wildman–Crippen LogP) is 4.65. The molecule has 0 bridgehead atoms. The molecule has 3 aromatic rings. The van der Waals surface area contributed by atoms with Gasteiger partial charge in [0.2, 0.25) is 0 Å². The molecule has 2 aromatic heterocycles. The van der Waals surface area contributed by atoms with Gasteiger partial charge in [-0.25, -0.2) is 4.98 Å². The zero-order chi connectivity index (χ0) is 18.6. The van der Waals surface area contributed by atoms with Crippen molar-refractivity contribution in [2.24, 2.45) is 0 Å². The number of rotatable bonds is 4. The smallest absolute Gasteiger partial charge is 0.255 e. The third-order valence-electron chi connectivity index (χ3n) is 5.28. The van der Waals surface area contributed by atoms with Gasteiger partial charge >= 0.3 is 0 Å². The van der Waals surface area contributed by atoms with Crippen LogP contribution in [0.5, 0.6) is 0 Å². The summed E-state index contributed by atoms with van der Waals surface area (Å²) in [6, 6.07) is 13.9. The summed E-state index contributed by atoms with van der Waals surface area (Å²) in [7, 11) is 0. The number of para-hydroxylation sites is 1. The molecular formula is C22H24N4O. The first-order valence-electron chi connectivity index (χ1n) is 9.64. The lowest BCUT2D eigenvalue weighted by molar-refractivity contribution is 0.102. The SMILES string of the molecule is CCC1CCCCN1c1cc(C(=O)Nc2cccc3cccnc23)ccn1. The number of fused-ring (bicyclic) bond motifs is 1. The zero-order valence-corrected chi connectivity index (χ0v) is 15.6. The molecule has 1 saturated heterocycles. The van der Waals surface area contributed by atoms with Gasteiger partial charge in [0.15, 0.2) is 0 Å². The number of aromatic nitrogens is 2. The van der Waals surface area contributed by atoms with Crippen LogP contribution in [-0.2, 0) is 0 Å². The minimum absolute atomic E-state index is 0.137. The second-order valence-corrected chi connectivity index (χ2v) is 6.99. The number of amides is 1. The number of carbonyl (C=O) groups excluding carboxylic acids is 1. The van der Waals surface area contributed by atoms with E-state index in [-0.39, 0.29) is 5.91 Å². The van der Waals surface area contributed by atoms with Crippen molar-refractivity contribution in [1.29, 1.82) is 0 Å². The molecule has 5 heteroatoms. The first-order valence-corrected chi connectivity index (χ1v) is 9.64. The minimum atomic E-state index is -0.137. The Labute approximate surface area is 159 Å². The van der Waals surface area contributed by atoms with E-state index in [0.29, 0.717) is 11.6 Å². The van der Waals surface area contributed by atoms with Crippen molar-refractivity contribution < 1.29 is 4.79 Å². The van der Waals surface area contributed by atoms with E-state index in [2.05, 4.69) is 27.1 Å². The Balaban J connectivity index is 1.59. The molecule has 1 atom stereocenters. The van der Waals surface area contributed by atoms with E-state index in [1.165, 1.54) is 19.3 Å². The van der Waals surface area contributed by atoms with Gasteiger partial charge in [-0.3, -0.25) is 9.78 Å². The number of nitrogens with one attached hydrogen (secondary N) is 1. The van der Waals surface area contributed by atoms with Crippen LogP contribution in [0.3, 0.4) is 0 Å². The monoisotopic (exact) mass is 360 g/mol. The molecule has 27 heavy (non-hydrogen) atoms. The zero-order valence-electron chi connectivity index (χ0n) is 15.6. The van der Waals surface area contributed by atoms with E-state index in [9.17, 15) is 4.79 Å². The Bertz CT molecular complexity index is 950. The highest BCUT2D eigenvalue weighted by Crippen LogP contribution is 2.26. The molecule has 1 N–H and O–H groups in total. The van der Waals surface area contributed by atoms with Crippen LogP contribution in [0.15, 0.2) is 54.9 Å². The maximum Gasteiger partial charge on any atom is 0.255 e. The second-order valence-electron chi connectivity index (χ2n) is 6.99. The highest BCUT2D eigenvalue weighted by Gasteiger charge is 2.22. The lowest BCUT2D eigenvalue weighted by Gasteiger charge is -2.36. The highest BCUT2D eigenvalue weighted by atomic mass is 16.1. The molecule has 1 fully saturated rings. The molecule has 0 radical (unpaired) electrons. The van der Waals surface area contributed by atoms with Crippen molar-refractivity contribution in [2.45, 2.75) is 38.6 Å². The predicted molar refractivity (Wildman–Crippen MR) is 109 cm³/mol. The maximum atomic E-state index is 12.9. The number of piperidine rings is 1. The van der Waals surface area contributed by atoms with Crippen LogP contribution in [0.4, 0.5) is 11.5 Å². The Hall–Kier alpha value is -2.95. The Morgan fingerprint density at radius 3 is 2.93 bits per heavy atom. The van der Waals surface area contributed by atoms with Gasteiger partial charge in [-0.15, -0.1) is 0 Å². The number of carbonyl (C=O) groups is 1. The largest absolute Gasteiger partial charge is 0.354 e. The molecule has 3 heterocycles. The van der Waals surface area contributed by atoms with E-state index in [0.717, 1.165) is 35.4 Å². The molecule has 1 amide bonds. The molecule has 0 saturated carbocycles. The summed E-state index contributed by atoms with van der Waals surface area (Å²) in [6.07, 6.45) is 8.20. The van der Waals surface area contributed by atoms with Gasteiger partial charge in [0.05, 0.1) is 11.2 Å². The van der Waals surface area contributed by atoms with Gasteiger partial charge in [-0.2, -0.15) is 0 Å².